The second kappa shape index (κ2) is 6.32. The van der Waals surface area contributed by atoms with Crippen LogP contribution in [0.2, 0.25) is 5.02 Å². The number of fused-ring (bicyclic) bond motifs is 1. The van der Waals surface area contributed by atoms with Crippen molar-refractivity contribution in [3.63, 3.8) is 0 Å². The molecule has 1 N–H and O–H groups in total. The van der Waals surface area contributed by atoms with Crippen LogP contribution >= 0.6 is 11.6 Å². The van der Waals surface area contributed by atoms with Crippen LogP contribution in [0.15, 0.2) is 66.4 Å². The van der Waals surface area contributed by atoms with Gasteiger partial charge in [-0.15, -0.1) is 0 Å². The lowest BCUT2D eigenvalue weighted by molar-refractivity contribution is -0.116. The van der Waals surface area contributed by atoms with Crippen molar-refractivity contribution in [2.45, 2.75) is 24.8 Å². The number of carbonyl (C=O) groups excluding carboxylic acids is 1. The molecule has 134 valence electrons. The second-order valence-corrected chi connectivity index (χ2v) is 7.25. The van der Waals surface area contributed by atoms with Crippen molar-refractivity contribution in [1.82, 2.24) is 19.7 Å². The molecule has 0 unspecified atom stereocenters. The van der Waals surface area contributed by atoms with E-state index in [0.29, 0.717) is 17.4 Å². The first-order valence-corrected chi connectivity index (χ1v) is 9.16. The molecule has 0 amide bonds. The third kappa shape index (κ3) is 2.73. The van der Waals surface area contributed by atoms with Gasteiger partial charge in [-0.3, -0.25) is 9.78 Å². The first kappa shape index (κ1) is 16.2. The molecule has 2 aliphatic rings. The molecule has 3 heterocycles. The number of allylic oxidation sites excluding steroid dienone is 2. The van der Waals surface area contributed by atoms with Crippen LogP contribution in [0.4, 0.5) is 5.95 Å². The summed E-state index contributed by atoms with van der Waals surface area (Å²) >= 11 is 6.15. The van der Waals surface area contributed by atoms with Crippen molar-refractivity contribution in [2.75, 3.05) is 5.32 Å². The van der Waals surface area contributed by atoms with Gasteiger partial charge in [-0.2, -0.15) is 10.1 Å². The fraction of sp³-hybridized carbons (Fsp3) is 0.200. The summed E-state index contributed by atoms with van der Waals surface area (Å²) in [5.41, 5.74) is 3.66. The number of aromatic nitrogens is 4. The van der Waals surface area contributed by atoms with Crippen LogP contribution in [0.5, 0.6) is 0 Å². The van der Waals surface area contributed by atoms with Crippen molar-refractivity contribution in [2.24, 2.45) is 0 Å². The maximum Gasteiger partial charge on any atom is 0.226 e. The van der Waals surface area contributed by atoms with Gasteiger partial charge in [-0.25, -0.2) is 4.68 Å². The Morgan fingerprint density at radius 2 is 2.04 bits per heavy atom. The van der Waals surface area contributed by atoms with Gasteiger partial charge in [-0.1, -0.05) is 29.8 Å². The van der Waals surface area contributed by atoms with Crippen molar-refractivity contribution in [3.05, 3.63) is 82.5 Å². The molecule has 0 saturated heterocycles. The van der Waals surface area contributed by atoms with E-state index in [9.17, 15) is 4.79 Å². The summed E-state index contributed by atoms with van der Waals surface area (Å²) in [5.74, 6) is 0.845. The SMILES string of the molecule is O=C1C[C@@H](c2cccc(Cl)c2)CC2=C1[C@H](c1cccnc1)n1ncnc1N2. The highest BCUT2D eigenvalue weighted by Crippen LogP contribution is 2.43. The third-order valence-electron chi connectivity index (χ3n) is 5.18. The zero-order chi connectivity index (χ0) is 18.4. The van der Waals surface area contributed by atoms with E-state index in [2.05, 4.69) is 20.4 Å². The number of hydrogen-bond acceptors (Lipinski definition) is 5. The number of halogens is 1. The van der Waals surface area contributed by atoms with Crippen molar-refractivity contribution in [1.29, 1.82) is 0 Å². The molecule has 27 heavy (non-hydrogen) atoms. The summed E-state index contributed by atoms with van der Waals surface area (Å²) in [6.07, 6.45) is 6.18. The van der Waals surface area contributed by atoms with Crippen LogP contribution in [-0.4, -0.2) is 25.5 Å². The highest BCUT2D eigenvalue weighted by atomic mass is 35.5. The van der Waals surface area contributed by atoms with Gasteiger partial charge in [0.25, 0.3) is 0 Å². The molecule has 1 aliphatic carbocycles. The molecule has 2 aromatic heterocycles. The summed E-state index contributed by atoms with van der Waals surface area (Å²) in [6.45, 7) is 0. The number of nitrogens with zero attached hydrogens (tertiary/aromatic N) is 4. The predicted octanol–water partition coefficient (Wildman–Crippen LogP) is 3.74. The Balaban J connectivity index is 1.60. The highest BCUT2D eigenvalue weighted by Gasteiger charge is 2.39. The van der Waals surface area contributed by atoms with Gasteiger partial charge in [-0.05, 0) is 41.7 Å². The number of nitrogens with one attached hydrogen (secondary N) is 1. The Hall–Kier alpha value is -2.99. The van der Waals surface area contributed by atoms with Crippen LogP contribution in [0.3, 0.4) is 0 Å². The Labute approximate surface area is 160 Å². The van der Waals surface area contributed by atoms with Crippen LogP contribution in [-0.2, 0) is 4.79 Å². The standard InChI is InChI=1S/C20H16ClN5O/c21-15-5-1-3-12(7-15)14-8-16-18(17(27)9-14)19(13-4-2-6-22-10-13)26-20(25-16)23-11-24-26/h1-7,10-11,14,19H,8-9H2,(H,23,24,25)/t14-,19-/m0/s1. The molecule has 6 nitrogen and oxygen atoms in total. The van der Waals surface area contributed by atoms with E-state index in [1.807, 2.05) is 36.4 Å². The lowest BCUT2D eigenvalue weighted by Crippen LogP contribution is -2.33. The highest BCUT2D eigenvalue weighted by molar-refractivity contribution is 6.30. The number of benzene rings is 1. The minimum atomic E-state index is -0.305. The van der Waals surface area contributed by atoms with Gasteiger partial charge < -0.3 is 5.32 Å². The molecular formula is C20H16ClN5O. The zero-order valence-electron chi connectivity index (χ0n) is 14.3. The largest absolute Gasteiger partial charge is 0.328 e. The van der Waals surface area contributed by atoms with E-state index in [1.54, 1.807) is 17.1 Å². The fourth-order valence-corrected chi connectivity index (χ4v) is 4.19. The molecule has 5 rings (SSSR count). The molecule has 7 heteroatoms. The maximum atomic E-state index is 13.2. The topological polar surface area (TPSA) is 72.7 Å². The van der Waals surface area contributed by atoms with Gasteiger partial charge in [0.2, 0.25) is 5.95 Å². The van der Waals surface area contributed by atoms with Crippen LogP contribution < -0.4 is 5.32 Å². The summed E-state index contributed by atoms with van der Waals surface area (Å²) in [7, 11) is 0. The maximum absolute atomic E-state index is 13.2. The average molecular weight is 378 g/mol. The minimum Gasteiger partial charge on any atom is -0.328 e. The molecule has 0 spiro atoms. The van der Waals surface area contributed by atoms with Crippen molar-refractivity contribution in [3.8, 4) is 0 Å². The van der Waals surface area contributed by atoms with Gasteiger partial charge in [0.05, 0.1) is 0 Å². The number of carbonyl (C=O) groups is 1. The zero-order valence-corrected chi connectivity index (χ0v) is 15.1. The molecule has 2 atom stereocenters. The van der Waals surface area contributed by atoms with E-state index in [1.165, 1.54) is 6.33 Å². The van der Waals surface area contributed by atoms with E-state index in [4.69, 9.17) is 11.6 Å². The summed E-state index contributed by atoms with van der Waals surface area (Å²) < 4.78 is 1.76. The normalized spacial score (nSPS) is 21.4. The lowest BCUT2D eigenvalue weighted by atomic mass is 9.78. The molecule has 1 aliphatic heterocycles. The third-order valence-corrected chi connectivity index (χ3v) is 5.42. The molecule has 1 aromatic carbocycles. The van der Waals surface area contributed by atoms with E-state index in [-0.39, 0.29) is 17.7 Å². The van der Waals surface area contributed by atoms with E-state index >= 15 is 0 Å². The molecule has 0 bridgehead atoms. The smallest absolute Gasteiger partial charge is 0.226 e. The molecule has 3 aromatic rings. The Morgan fingerprint density at radius 3 is 2.85 bits per heavy atom. The van der Waals surface area contributed by atoms with Crippen LogP contribution in [0, 0.1) is 0 Å². The monoisotopic (exact) mass is 377 g/mol. The number of Topliss-reactive ketones (excluding diaryl/α,β-unsaturated/α-hetero) is 1. The number of ketones is 1. The van der Waals surface area contributed by atoms with E-state index in [0.717, 1.165) is 28.8 Å². The van der Waals surface area contributed by atoms with Crippen LogP contribution in [0.1, 0.15) is 35.9 Å². The fourth-order valence-electron chi connectivity index (χ4n) is 3.99. The number of rotatable bonds is 2. The van der Waals surface area contributed by atoms with Crippen molar-refractivity contribution >= 4 is 23.3 Å². The molecule has 0 radical (unpaired) electrons. The number of pyridine rings is 1. The predicted molar refractivity (Wildman–Crippen MR) is 101 cm³/mol. The Kier molecular flexibility index (Phi) is 3.79. The van der Waals surface area contributed by atoms with Crippen molar-refractivity contribution < 1.29 is 4.79 Å². The summed E-state index contributed by atoms with van der Waals surface area (Å²) in [4.78, 5) is 21.7. The summed E-state index contributed by atoms with van der Waals surface area (Å²) in [6, 6.07) is 11.3. The summed E-state index contributed by atoms with van der Waals surface area (Å²) in [5, 5.41) is 8.34. The second-order valence-electron chi connectivity index (χ2n) is 6.82. The first-order valence-electron chi connectivity index (χ1n) is 8.79. The minimum absolute atomic E-state index is 0.0893. The molecular weight excluding hydrogens is 362 g/mol. The molecule has 0 fully saturated rings. The first-order chi connectivity index (χ1) is 13.2. The van der Waals surface area contributed by atoms with Gasteiger partial charge in [0, 0.05) is 35.1 Å². The Bertz CT molecular complexity index is 1060. The number of hydrogen-bond donors (Lipinski definition) is 1. The van der Waals surface area contributed by atoms with Gasteiger partial charge in [0.1, 0.15) is 12.4 Å². The lowest BCUT2D eigenvalue weighted by Gasteiger charge is -2.35. The average Bonchev–Trinajstić information content (AvgIpc) is 3.15. The number of anilines is 1. The quantitative estimate of drug-likeness (QED) is 0.736. The van der Waals surface area contributed by atoms with Gasteiger partial charge >= 0.3 is 0 Å². The van der Waals surface area contributed by atoms with Crippen LogP contribution in [0.25, 0.3) is 0 Å². The van der Waals surface area contributed by atoms with E-state index < -0.39 is 0 Å². The molecule has 0 saturated carbocycles. The Morgan fingerprint density at radius 1 is 1.15 bits per heavy atom. The van der Waals surface area contributed by atoms with Gasteiger partial charge in [0.15, 0.2) is 5.78 Å².